The first kappa shape index (κ1) is 19.7. The summed E-state index contributed by atoms with van der Waals surface area (Å²) < 4.78 is 40.0. The van der Waals surface area contributed by atoms with Crippen LogP contribution in [0.3, 0.4) is 0 Å². The average Bonchev–Trinajstić information content (AvgIpc) is 2.59. The Morgan fingerprint density at radius 1 is 1.41 bits per heavy atom. The van der Waals surface area contributed by atoms with Crippen molar-refractivity contribution in [2.24, 2.45) is 0 Å². The minimum atomic E-state index is -4.67. The first-order valence-electron chi connectivity index (χ1n) is 8.70. The van der Waals surface area contributed by atoms with Crippen molar-refractivity contribution in [1.29, 1.82) is 0 Å². The Morgan fingerprint density at radius 2 is 2.15 bits per heavy atom. The largest absolute Gasteiger partial charge is 0.433 e. The molecule has 0 bridgehead atoms. The van der Waals surface area contributed by atoms with E-state index in [4.69, 9.17) is 0 Å². The minimum Gasteiger partial charge on any atom is -0.392 e. The molecule has 27 heavy (non-hydrogen) atoms. The summed E-state index contributed by atoms with van der Waals surface area (Å²) >= 11 is 0. The fourth-order valence-electron chi connectivity index (χ4n) is 3.34. The van der Waals surface area contributed by atoms with Gasteiger partial charge in [0.25, 0.3) is 5.56 Å². The molecule has 2 aromatic heterocycles. The molecule has 0 unspecified atom stereocenters. The molecule has 3 heterocycles. The molecule has 0 aromatic carbocycles. The maximum Gasteiger partial charge on any atom is 0.433 e. The SMILES string of the molecule is Cc1cc(C(F)(F)F)nc2c(=O)n(C[C@@H](O)C[C@H]3NCCC[C@@H]3O)cnc12. The van der Waals surface area contributed by atoms with Crippen molar-refractivity contribution in [2.75, 3.05) is 6.54 Å². The third-order valence-corrected chi connectivity index (χ3v) is 4.74. The summed E-state index contributed by atoms with van der Waals surface area (Å²) in [6.45, 7) is 2.01. The van der Waals surface area contributed by atoms with Gasteiger partial charge in [-0.1, -0.05) is 0 Å². The summed E-state index contributed by atoms with van der Waals surface area (Å²) in [5.41, 5.74) is -1.98. The molecule has 3 N–H and O–H groups in total. The normalized spacial score (nSPS) is 22.1. The lowest BCUT2D eigenvalue weighted by atomic mass is 9.96. The average molecular weight is 386 g/mol. The highest BCUT2D eigenvalue weighted by Gasteiger charge is 2.33. The summed E-state index contributed by atoms with van der Waals surface area (Å²) in [6, 6.07) is 0.555. The van der Waals surface area contributed by atoms with Crippen molar-refractivity contribution in [3.63, 3.8) is 0 Å². The predicted molar refractivity (Wildman–Crippen MR) is 91.2 cm³/mol. The van der Waals surface area contributed by atoms with Crippen molar-refractivity contribution in [3.05, 3.63) is 34.0 Å². The van der Waals surface area contributed by atoms with Gasteiger partial charge in [0.15, 0.2) is 5.52 Å². The molecule has 0 saturated carbocycles. The van der Waals surface area contributed by atoms with Gasteiger partial charge in [0.1, 0.15) is 5.69 Å². The Kier molecular flexibility index (Phi) is 5.50. The van der Waals surface area contributed by atoms with Crippen LogP contribution >= 0.6 is 0 Å². The summed E-state index contributed by atoms with van der Waals surface area (Å²) in [6.07, 6.45) is -3.35. The van der Waals surface area contributed by atoms with Gasteiger partial charge in [-0.2, -0.15) is 13.2 Å². The van der Waals surface area contributed by atoms with Crippen LogP contribution in [0.25, 0.3) is 11.0 Å². The quantitative estimate of drug-likeness (QED) is 0.725. The zero-order valence-corrected chi connectivity index (χ0v) is 14.7. The van der Waals surface area contributed by atoms with Crippen LogP contribution in [0.5, 0.6) is 0 Å². The topological polar surface area (TPSA) is 100 Å². The van der Waals surface area contributed by atoms with Crippen molar-refractivity contribution in [2.45, 2.75) is 57.2 Å². The number of alkyl halides is 3. The van der Waals surface area contributed by atoms with E-state index >= 15 is 0 Å². The van der Waals surface area contributed by atoms with E-state index in [0.29, 0.717) is 6.42 Å². The van der Waals surface area contributed by atoms with Crippen LogP contribution in [0.1, 0.15) is 30.5 Å². The second-order valence-electron chi connectivity index (χ2n) is 6.88. The highest BCUT2D eigenvalue weighted by atomic mass is 19.4. The van der Waals surface area contributed by atoms with Crippen LogP contribution in [-0.2, 0) is 12.7 Å². The van der Waals surface area contributed by atoms with Crippen LogP contribution in [0.4, 0.5) is 13.2 Å². The van der Waals surface area contributed by atoms with E-state index in [-0.39, 0.29) is 35.6 Å². The van der Waals surface area contributed by atoms with Gasteiger partial charge in [0.05, 0.1) is 30.6 Å². The number of aryl methyl sites for hydroxylation is 1. The van der Waals surface area contributed by atoms with Crippen molar-refractivity contribution >= 4 is 11.0 Å². The summed E-state index contributed by atoms with van der Waals surface area (Å²) in [4.78, 5) is 20.1. The molecular weight excluding hydrogens is 365 g/mol. The smallest absolute Gasteiger partial charge is 0.392 e. The first-order valence-corrected chi connectivity index (χ1v) is 8.70. The van der Waals surface area contributed by atoms with Crippen LogP contribution in [0.2, 0.25) is 0 Å². The maximum absolute atomic E-state index is 13.0. The third-order valence-electron chi connectivity index (χ3n) is 4.74. The summed E-state index contributed by atoms with van der Waals surface area (Å²) in [5, 5.41) is 23.3. The Morgan fingerprint density at radius 3 is 2.81 bits per heavy atom. The lowest BCUT2D eigenvalue weighted by molar-refractivity contribution is -0.141. The standard InChI is InChI=1S/C17H21F3N4O3/c1-9-5-13(17(18,19)20)23-15-14(9)22-8-24(16(15)27)7-10(25)6-11-12(26)3-2-4-21-11/h5,8,10-12,21,25-26H,2-4,6-7H2,1H3/t10-,11+,12-/m0/s1. The minimum absolute atomic E-state index is 0.100. The molecule has 0 spiro atoms. The fourth-order valence-corrected chi connectivity index (χ4v) is 3.34. The van der Waals surface area contributed by atoms with Gasteiger partial charge in [-0.25, -0.2) is 9.97 Å². The summed E-state index contributed by atoms with van der Waals surface area (Å²) in [5.74, 6) is 0. The number of aromatic nitrogens is 3. The molecule has 0 radical (unpaired) electrons. The monoisotopic (exact) mass is 386 g/mol. The molecule has 0 amide bonds. The number of aliphatic hydroxyl groups excluding tert-OH is 2. The highest BCUT2D eigenvalue weighted by Crippen LogP contribution is 2.29. The number of pyridine rings is 1. The fraction of sp³-hybridized carbons (Fsp3) is 0.588. The van der Waals surface area contributed by atoms with Gasteiger partial charge in [-0.15, -0.1) is 0 Å². The van der Waals surface area contributed by atoms with E-state index in [0.717, 1.165) is 23.6 Å². The van der Waals surface area contributed by atoms with E-state index in [9.17, 15) is 28.2 Å². The number of halogens is 3. The number of nitrogens with one attached hydrogen (secondary N) is 1. The predicted octanol–water partition coefficient (Wildman–Crippen LogP) is 0.983. The molecular formula is C17H21F3N4O3. The van der Waals surface area contributed by atoms with Crippen LogP contribution in [0, 0.1) is 6.92 Å². The number of aliphatic hydroxyl groups is 2. The van der Waals surface area contributed by atoms with Gasteiger partial charge >= 0.3 is 6.18 Å². The molecule has 10 heteroatoms. The lowest BCUT2D eigenvalue weighted by Gasteiger charge is -2.30. The van der Waals surface area contributed by atoms with Crippen molar-refractivity contribution < 1.29 is 23.4 Å². The van der Waals surface area contributed by atoms with E-state index in [2.05, 4.69) is 15.3 Å². The second-order valence-corrected chi connectivity index (χ2v) is 6.88. The van der Waals surface area contributed by atoms with Crippen molar-refractivity contribution in [1.82, 2.24) is 19.9 Å². The number of hydrogen-bond acceptors (Lipinski definition) is 6. The molecule has 1 saturated heterocycles. The lowest BCUT2D eigenvalue weighted by Crippen LogP contribution is -2.47. The van der Waals surface area contributed by atoms with E-state index < -0.39 is 29.6 Å². The molecule has 3 rings (SSSR count). The van der Waals surface area contributed by atoms with Gasteiger partial charge < -0.3 is 15.5 Å². The third kappa shape index (κ3) is 4.28. The molecule has 1 fully saturated rings. The number of rotatable bonds is 4. The Bertz CT molecular complexity index is 884. The highest BCUT2D eigenvalue weighted by molar-refractivity contribution is 5.76. The van der Waals surface area contributed by atoms with Gasteiger partial charge in [-0.3, -0.25) is 9.36 Å². The van der Waals surface area contributed by atoms with Gasteiger partial charge in [-0.05, 0) is 44.4 Å². The van der Waals surface area contributed by atoms with Gasteiger partial charge in [0, 0.05) is 6.04 Å². The summed E-state index contributed by atoms with van der Waals surface area (Å²) in [7, 11) is 0. The number of fused-ring (bicyclic) bond motifs is 1. The Hall–Kier alpha value is -2.04. The Balaban J connectivity index is 1.86. The molecule has 1 aliphatic rings. The van der Waals surface area contributed by atoms with Crippen LogP contribution in [0.15, 0.2) is 17.2 Å². The van der Waals surface area contributed by atoms with Crippen molar-refractivity contribution in [3.8, 4) is 0 Å². The van der Waals surface area contributed by atoms with Crippen LogP contribution < -0.4 is 10.9 Å². The molecule has 3 atom stereocenters. The zero-order valence-electron chi connectivity index (χ0n) is 14.7. The van der Waals surface area contributed by atoms with Crippen LogP contribution in [-0.4, -0.2) is 49.5 Å². The molecule has 2 aromatic rings. The first-order chi connectivity index (χ1) is 12.7. The second kappa shape index (κ2) is 7.53. The molecule has 148 valence electrons. The number of piperidine rings is 1. The van der Waals surface area contributed by atoms with E-state index in [1.165, 1.54) is 13.3 Å². The molecule has 0 aliphatic carbocycles. The zero-order chi connectivity index (χ0) is 19.8. The maximum atomic E-state index is 13.0. The van der Waals surface area contributed by atoms with Gasteiger partial charge in [0.2, 0.25) is 0 Å². The number of hydrogen-bond donors (Lipinski definition) is 3. The number of nitrogens with zero attached hydrogens (tertiary/aromatic N) is 3. The Labute approximate surface area is 152 Å². The van der Waals surface area contributed by atoms with E-state index in [1.807, 2.05) is 0 Å². The van der Waals surface area contributed by atoms with E-state index in [1.54, 1.807) is 0 Å². The molecule has 7 nitrogen and oxygen atoms in total. The molecule has 1 aliphatic heterocycles.